The van der Waals surface area contributed by atoms with Crippen molar-refractivity contribution in [2.75, 3.05) is 39.3 Å². The molecule has 4 rings (SSSR count). The maximum absolute atomic E-state index is 12.9. The standard InChI is InChI=1S/C18H23N5O2.ClH/c1-13-2-3-16-20-10-15(18(25)23(16)11-13)17(24)22-7-4-14(12-22)21-8-5-19-6-9-21;/h2-3,10-11,14,19H,4-9,12H2,1H3;1H. The Hall–Kier alpha value is -1.96. The second-order valence-corrected chi connectivity index (χ2v) is 6.89. The Morgan fingerprint density at radius 1 is 1.23 bits per heavy atom. The minimum absolute atomic E-state index is 0. The van der Waals surface area contributed by atoms with Gasteiger partial charge in [0.15, 0.2) is 0 Å². The molecular weight excluding hydrogens is 354 g/mol. The van der Waals surface area contributed by atoms with Gasteiger partial charge in [0.05, 0.1) is 0 Å². The number of aryl methyl sites for hydroxylation is 1. The Labute approximate surface area is 158 Å². The molecule has 1 amide bonds. The number of pyridine rings is 1. The van der Waals surface area contributed by atoms with Crippen LogP contribution in [0.15, 0.2) is 29.3 Å². The molecule has 1 atom stereocenters. The second-order valence-electron chi connectivity index (χ2n) is 6.89. The summed E-state index contributed by atoms with van der Waals surface area (Å²) in [4.78, 5) is 34.1. The fraction of sp³-hybridized carbons (Fsp3) is 0.500. The summed E-state index contributed by atoms with van der Waals surface area (Å²) in [7, 11) is 0. The van der Waals surface area contributed by atoms with Crippen molar-refractivity contribution in [3.05, 3.63) is 46.0 Å². The lowest BCUT2D eigenvalue weighted by Gasteiger charge is -2.32. The molecule has 1 unspecified atom stereocenters. The van der Waals surface area contributed by atoms with Gasteiger partial charge in [-0.05, 0) is 25.0 Å². The van der Waals surface area contributed by atoms with Crippen molar-refractivity contribution in [2.45, 2.75) is 19.4 Å². The lowest BCUT2D eigenvalue weighted by Crippen LogP contribution is -2.49. The van der Waals surface area contributed by atoms with E-state index in [1.54, 1.807) is 17.2 Å². The quantitative estimate of drug-likeness (QED) is 0.827. The van der Waals surface area contributed by atoms with Crippen LogP contribution in [-0.4, -0.2) is 70.4 Å². The highest BCUT2D eigenvalue weighted by molar-refractivity contribution is 5.94. The minimum atomic E-state index is -0.288. The largest absolute Gasteiger partial charge is 0.337 e. The number of carbonyl (C=O) groups excluding carboxylic acids is 1. The van der Waals surface area contributed by atoms with Crippen LogP contribution in [0, 0.1) is 6.92 Å². The van der Waals surface area contributed by atoms with Gasteiger partial charge in [-0.2, -0.15) is 0 Å². The predicted molar refractivity (Wildman–Crippen MR) is 102 cm³/mol. The van der Waals surface area contributed by atoms with Gasteiger partial charge in [-0.3, -0.25) is 18.9 Å². The highest BCUT2D eigenvalue weighted by Crippen LogP contribution is 2.18. The van der Waals surface area contributed by atoms with Crippen LogP contribution < -0.4 is 10.9 Å². The number of nitrogens with zero attached hydrogens (tertiary/aromatic N) is 4. The fourth-order valence-corrected chi connectivity index (χ4v) is 3.77. The topological polar surface area (TPSA) is 70.0 Å². The monoisotopic (exact) mass is 377 g/mol. The third-order valence-corrected chi connectivity index (χ3v) is 5.20. The highest BCUT2D eigenvalue weighted by atomic mass is 35.5. The second kappa shape index (κ2) is 7.73. The third-order valence-electron chi connectivity index (χ3n) is 5.20. The first kappa shape index (κ1) is 18.8. The molecule has 2 aromatic heterocycles. The number of nitrogens with one attached hydrogen (secondary N) is 1. The van der Waals surface area contributed by atoms with Crippen molar-refractivity contribution in [1.29, 1.82) is 0 Å². The number of halogens is 1. The van der Waals surface area contributed by atoms with E-state index in [0.717, 1.165) is 38.2 Å². The molecule has 0 aromatic carbocycles. The number of likely N-dealkylation sites (tertiary alicyclic amines) is 1. The molecule has 0 radical (unpaired) electrons. The zero-order valence-corrected chi connectivity index (χ0v) is 15.7. The number of aromatic nitrogens is 2. The van der Waals surface area contributed by atoms with Gasteiger partial charge in [0.25, 0.3) is 11.5 Å². The van der Waals surface area contributed by atoms with E-state index >= 15 is 0 Å². The molecular formula is C18H24ClN5O2. The zero-order chi connectivity index (χ0) is 17.4. The summed E-state index contributed by atoms with van der Waals surface area (Å²) in [6.07, 6.45) is 4.12. The lowest BCUT2D eigenvalue weighted by molar-refractivity contribution is 0.0771. The van der Waals surface area contributed by atoms with Crippen LogP contribution in [0.4, 0.5) is 0 Å². The average molecular weight is 378 g/mol. The molecule has 1 N–H and O–H groups in total. The Morgan fingerprint density at radius 3 is 2.77 bits per heavy atom. The van der Waals surface area contributed by atoms with Crippen LogP contribution in [0.3, 0.4) is 0 Å². The Morgan fingerprint density at radius 2 is 2.00 bits per heavy atom. The van der Waals surface area contributed by atoms with Gasteiger partial charge >= 0.3 is 0 Å². The first-order valence-electron chi connectivity index (χ1n) is 8.85. The van der Waals surface area contributed by atoms with E-state index in [1.807, 2.05) is 13.0 Å². The summed E-state index contributed by atoms with van der Waals surface area (Å²) < 4.78 is 1.46. The number of rotatable bonds is 2. The molecule has 2 aliphatic rings. The maximum Gasteiger partial charge on any atom is 0.270 e. The number of piperazine rings is 1. The summed E-state index contributed by atoms with van der Waals surface area (Å²) in [6.45, 7) is 7.34. The Kier molecular flexibility index (Phi) is 5.60. The van der Waals surface area contributed by atoms with Gasteiger partial charge in [-0.15, -0.1) is 12.4 Å². The average Bonchev–Trinajstić information content (AvgIpc) is 3.13. The Balaban J connectivity index is 0.00000196. The molecule has 4 heterocycles. The van der Waals surface area contributed by atoms with Crippen LogP contribution in [-0.2, 0) is 0 Å². The van der Waals surface area contributed by atoms with Crippen molar-refractivity contribution >= 4 is 24.0 Å². The van der Waals surface area contributed by atoms with E-state index < -0.39 is 0 Å². The van der Waals surface area contributed by atoms with Gasteiger partial charge in [0.2, 0.25) is 0 Å². The normalized spacial score (nSPS) is 21.0. The molecule has 0 spiro atoms. The van der Waals surface area contributed by atoms with Crippen LogP contribution >= 0.6 is 12.4 Å². The Bertz CT molecular complexity index is 862. The van der Waals surface area contributed by atoms with E-state index in [-0.39, 0.29) is 29.4 Å². The van der Waals surface area contributed by atoms with Crippen LogP contribution in [0.5, 0.6) is 0 Å². The molecule has 7 nitrogen and oxygen atoms in total. The molecule has 8 heteroatoms. The number of hydrogen-bond donors (Lipinski definition) is 1. The molecule has 0 aliphatic carbocycles. The molecule has 2 fully saturated rings. The van der Waals surface area contributed by atoms with Crippen molar-refractivity contribution in [2.24, 2.45) is 0 Å². The lowest BCUT2D eigenvalue weighted by atomic mass is 10.2. The predicted octanol–water partition coefficient (Wildman–Crippen LogP) is 0.544. The number of carbonyl (C=O) groups is 1. The van der Waals surface area contributed by atoms with E-state index in [2.05, 4.69) is 15.2 Å². The van der Waals surface area contributed by atoms with Crippen molar-refractivity contribution in [1.82, 2.24) is 24.5 Å². The summed E-state index contributed by atoms with van der Waals surface area (Å²) in [6, 6.07) is 4.09. The fourth-order valence-electron chi connectivity index (χ4n) is 3.77. The van der Waals surface area contributed by atoms with Gasteiger partial charge < -0.3 is 10.2 Å². The van der Waals surface area contributed by atoms with E-state index in [4.69, 9.17) is 0 Å². The van der Waals surface area contributed by atoms with Crippen LogP contribution in [0.1, 0.15) is 22.3 Å². The molecule has 2 aliphatic heterocycles. The summed E-state index contributed by atoms with van der Waals surface area (Å²) in [5.74, 6) is -0.203. The van der Waals surface area contributed by atoms with Gasteiger partial charge in [0.1, 0.15) is 11.2 Å². The minimum Gasteiger partial charge on any atom is -0.337 e. The van der Waals surface area contributed by atoms with E-state index in [9.17, 15) is 9.59 Å². The SMILES string of the molecule is Cc1ccc2ncc(C(=O)N3CCC(N4CCNCC4)C3)c(=O)n2c1.Cl. The van der Waals surface area contributed by atoms with Crippen molar-refractivity contribution < 1.29 is 4.79 Å². The first-order chi connectivity index (χ1) is 12.1. The van der Waals surface area contributed by atoms with Gasteiger partial charge in [-0.25, -0.2) is 4.98 Å². The molecule has 140 valence electrons. The summed E-state index contributed by atoms with van der Waals surface area (Å²) in [5.41, 5.74) is 1.39. The van der Waals surface area contributed by atoms with Gasteiger partial charge in [0, 0.05) is 57.7 Å². The number of amides is 1. The summed E-state index contributed by atoms with van der Waals surface area (Å²) in [5, 5.41) is 3.35. The van der Waals surface area contributed by atoms with Gasteiger partial charge in [-0.1, -0.05) is 6.07 Å². The molecule has 2 aromatic rings. The third kappa shape index (κ3) is 3.47. The van der Waals surface area contributed by atoms with Crippen LogP contribution in [0.2, 0.25) is 0 Å². The van der Waals surface area contributed by atoms with Crippen LogP contribution in [0.25, 0.3) is 5.65 Å². The number of hydrogen-bond acceptors (Lipinski definition) is 5. The first-order valence-corrected chi connectivity index (χ1v) is 8.85. The molecule has 0 saturated carbocycles. The zero-order valence-electron chi connectivity index (χ0n) is 14.9. The van der Waals surface area contributed by atoms with Crippen molar-refractivity contribution in [3.8, 4) is 0 Å². The summed E-state index contributed by atoms with van der Waals surface area (Å²) >= 11 is 0. The number of fused-ring (bicyclic) bond motifs is 1. The van der Waals surface area contributed by atoms with E-state index in [0.29, 0.717) is 24.8 Å². The molecule has 26 heavy (non-hydrogen) atoms. The smallest absolute Gasteiger partial charge is 0.270 e. The van der Waals surface area contributed by atoms with E-state index in [1.165, 1.54) is 10.6 Å². The molecule has 0 bridgehead atoms. The van der Waals surface area contributed by atoms with Crippen molar-refractivity contribution in [3.63, 3.8) is 0 Å². The molecule has 2 saturated heterocycles. The highest BCUT2D eigenvalue weighted by Gasteiger charge is 2.32. The maximum atomic E-state index is 12.9.